The van der Waals surface area contributed by atoms with Crippen molar-refractivity contribution in [1.29, 1.82) is 0 Å². The van der Waals surface area contributed by atoms with Gasteiger partial charge in [0.05, 0.1) is 0 Å². The smallest absolute Gasteiger partial charge is 0.197 e. The van der Waals surface area contributed by atoms with E-state index in [1.54, 1.807) is 0 Å². The zero-order valence-corrected chi connectivity index (χ0v) is 4.69. The van der Waals surface area contributed by atoms with E-state index in [1.807, 2.05) is 0 Å². The summed E-state index contributed by atoms with van der Waals surface area (Å²) in [7, 11) is 0. The van der Waals surface area contributed by atoms with Crippen molar-refractivity contribution in [2.45, 2.75) is 0 Å². The maximum Gasteiger partial charge on any atom is 0.197 e. The van der Waals surface area contributed by atoms with Crippen LogP contribution in [0.4, 0.5) is 0 Å². The van der Waals surface area contributed by atoms with Crippen LogP contribution in [-0.4, -0.2) is 23.1 Å². The fraction of sp³-hybridized carbons (Fsp3) is 0. The van der Waals surface area contributed by atoms with Gasteiger partial charge >= 0.3 is 0 Å². The van der Waals surface area contributed by atoms with Crippen molar-refractivity contribution in [3.8, 4) is 0 Å². The second-order valence-electron chi connectivity index (χ2n) is 0. The summed E-state index contributed by atoms with van der Waals surface area (Å²) in [6.07, 6.45) is 0. The first-order valence-corrected chi connectivity index (χ1v) is 0.500. The molecule has 0 aromatic heterocycles. The van der Waals surface area contributed by atoms with E-state index >= 15 is 0 Å². The Morgan fingerprint density at radius 2 is 1.25 bits per heavy atom. The van der Waals surface area contributed by atoms with Gasteiger partial charge in [-0.3, -0.25) is 0 Å². The minimum Gasteiger partial charge on any atom is -0.197 e. The zero-order valence-electron chi connectivity index (χ0n) is 2.32. The van der Waals surface area contributed by atoms with Gasteiger partial charge in [0.2, 0.25) is 0 Å². The molecule has 0 aromatic rings. The maximum atomic E-state index is 7.83. The Kier molecular flexibility index (Phi) is 125. The van der Waals surface area contributed by atoms with E-state index in [2.05, 4.69) is 12.5 Å². The van der Waals surface area contributed by atoms with E-state index < -0.39 is 0 Å². The summed E-state index contributed by atoms with van der Waals surface area (Å²) in [4.78, 5) is 0. The van der Waals surface area contributed by atoms with Gasteiger partial charge in [0.25, 0.3) is 0 Å². The van der Waals surface area contributed by atoms with Crippen molar-refractivity contribution < 1.29 is 25.9 Å². The molecule has 1 radical (unpaired) electrons. The SMILES string of the molecule is O=S.[Li].[Ti]. The van der Waals surface area contributed by atoms with Crippen molar-refractivity contribution >= 4 is 31.4 Å². The number of hydrogen-bond donors (Lipinski definition) is 0. The van der Waals surface area contributed by atoms with Crippen molar-refractivity contribution in [2.24, 2.45) is 0 Å². The quantitative estimate of drug-likeness (QED) is 0.376. The van der Waals surface area contributed by atoms with E-state index in [9.17, 15) is 0 Å². The van der Waals surface area contributed by atoms with Crippen LogP contribution in [0, 0.1) is 0 Å². The molecule has 0 aliphatic heterocycles. The van der Waals surface area contributed by atoms with Gasteiger partial charge in [-0.25, -0.2) is 0 Å². The molecule has 0 bridgehead atoms. The zero-order chi connectivity index (χ0) is 2.00. The molecule has 0 saturated heterocycles. The van der Waals surface area contributed by atoms with Crippen molar-refractivity contribution in [3.63, 3.8) is 0 Å². The number of rotatable bonds is 0. The van der Waals surface area contributed by atoms with Crippen LogP contribution in [0.2, 0.25) is 0 Å². The molecule has 0 aliphatic rings. The van der Waals surface area contributed by atoms with Gasteiger partial charge in [0.1, 0.15) is 0 Å². The normalized spacial score (nSPS) is 1.00. The fourth-order valence-electron chi connectivity index (χ4n) is 0. The Hall–Kier alpha value is 1.33. The van der Waals surface area contributed by atoms with E-state index in [4.69, 9.17) is 4.21 Å². The molecule has 0 aliphatic carbocycles. The Morgan fingerprint density at radius 3 is 1.25 bits per heavy atom. The van der Waals surface area contributed by atoms with Crippen LogP contribution in [0.3, 0.4) is 0 Å². The maximum absolute atomic E-state index is 7.83. The predicted molar refractivity (Wildman–Crippen MR) is 13.9 cm³/mol. The fourth-order valence-corrected chi connectivity index (χ4v) is 0. The molecular weight excluding hydrogens is 103 g/mol. The third-order valence-electron chi connectivity index (χ3n) is 0. The molecule has 0 N–H and O–H groups in total. The minimum atomic E-state index is 0. The first-order chi connectivity index (χ1) is 1.00. The van der Waals surface area contributed by atoms with Crippen LogP contribution in [0.1, 0.15) is 0 Å². The summed E-state index contributed by atoms with van der Waals surface area (Å²) in [6.45, 7) is 0. The third-order valence-corrected chi connectivity index (χ3v) is 0. The summed E-state index contributed by atoms with van der Waals surface area (Å²) in [5, 5.41) is 0. The summed E-state index contributed by atoms with van der Waals surface area (Å²) in [5.74, 6) is 0. The first-order valence-electron chi connectivity index (χ1n) is 0.167. The Balaban J connectivity index is -0.00000000500. The van der Waals surface area contributed by atoms with Crippen LogP contribution in [-0.2, 0) is 34.3 Å². The third kappa shape index (κ3) is 10.2. The second kappa shape index (κ2) is 27.1. The molecule has 17 valence electrons. The van der Waals surface area contributed by atoms with Crippen LogP contribution in [0.5, 0.6) is 0 Å². The average molecular weight is 103 g/mol. The molecule has 0 saturated carbocycles. The molecule has 0 aromatic carbocycles. The van der Waals surface area contributed by atoms with E-state index in [1.165, 1.54) is 0 Å². The number of hydrogen-bond acceptors (Lipinski definition) is 2. The van der Waals surface area contributed by atoms with E-state index in [-0.39, 0.29) is 40.6 Å². The molecule has 0 heterocycles. The predicted octanol–water partition coefficient (Wildman–Crippen LogP) is -0.720. The van der Waals surface area contributed by atoms with Gasteiger partial charge in [-0.15, -0.1) is 0 Å². The van der Waals surface area contributed by atoms with Crippen LogP contribution in [0.15, 0.2) is 0 Å². The molecule has 0 unspecified atom stereocenters. The van der Waals surface area contributed by atoms with Crippen LogP contribution in [0.25, 0.3) is 0 Å². The molecule has 0 amide bonds. The van der Waals surface area contributed by atoms with Gasteiger partial charge in [0.15, 0.2) is 12.5 Å². The Morgan fingerprint density at radius 1 is 1.25 bits per heavy atom. The molecule has 4 heavy (non-hydrogen) atoms. The van der Waals surface area contributed by atoms with Gasteiger partial charge < -0.3 is 0 Å². The summed E-state index contributed by atoms with van der Waals surface area (Å²) < 4.78 is 7.83. The van der Waals surface area contributed by atoms with Crippen LogP contribution >= 0.6 is 0 Å². The monoisotopic (exact) mass is 103 g/mol. The first kappa shape index (κ1) is 18.4. The van der Waals surface area contributed by atoms with Crippen molar-refractivity contribution in [2.75, 3.05) is 0 Å². The second-order valence-corrected chi connectivity index (χ2v) is 0. The topological polar surface area (TPSA) is 17.1 Å². The van der Waals surface area contributed by atoms with Gasteiger partial charge in [-0.05, 0) is 0 Å². The minimum absolute atomic E-state index is 0. The van der Waals surface area contributed by atoms with Crippen molar-refractivity contribution in [1.82, 2.24) is 0 Å². The summed E-state index contributed by atoms with van der Waals surface area (Å²) in [5.41, 5.74) is 0. The largest absolute Gasteiger partial charge is 0.197 e. The summed E-state index contributed by atoms with van der Waals surface area (Å²) in [6, 6.07) is 0. The molecule has 1 nitrogen and oxygen atoms in total. The van der Waals surface area contributed by atoms with Gasteiger partial charge in [-0.2, -0.15) is 4.21 Å². The van der Waals surface area contributed by atoms with E-state index in [0.29, 0.717) is 0 Å². The molecule has 0 fully saturated rings. The van der Waals surface area contributed by atoms with Gasteiger partial charge in [0, 0.05) is 40.6 Å². The standard InChI is InChI=1S/Li.OS.Ti/c;1-2;. The van der Waals surface area contributed by atoms with Crippen LogP contribution < -0.4 is 0 Å². The Labute approximate surface area is 57.1 Å². The van der Waals surface area contributed by atoms with E-state index in [0.717, 1.165) is 0 Å². The Bertz CT molecular complexity index is 8.00. The average Bonchev–Trinajstić information content (AvgIpc) is 1.00. The molecule has 4 heteroatoms. The van der Waals surface area contributed by atoms with Gasteiger partial charge in [-0.1, -0.05) is 0 Å². The molecule has 0 atom stereocenters. The molecule has 0 rings (SSSR count). The molecule has 0 spiro atoms. The van der Waals surface area contributed by atoms with Crippen molar-refractivity contribution in [3.05, 3.63) is 0 Å². The summed E-state index contributed by atoms with van der Waals surface area (Å²) >= 11 is 2.83. The molecular formula is LiOSTi.